The number of nitro benzene ring substituents is 2. The van der Waals surface area contributed by atoms with Crippen LogP contribution in [-0.2, 0) is 0 Å². The molecule has 2 unspecified atom stereocenters. The lowest BCUT2D eigenvalue weighted by molar-refractivity contribution is -0.393. The lowest BCUT2D eigenvalue weighted by Gasteiger charge is -2.56. The van der Waals surface area contributed by atoms with Crippen molar-refractivity contribution in [1.29, 1.82) is 0 Å². The van der Waals surface area contributed by atoms with Crippen molar-refractivity contribution < 1.29 is 9.85 Å². The van der Waals surface area contributed by atoms with Gasteiger partial charge in [0.05, 0.1) is 15.9 Å². The van der Waals surface area contributed by atoms with Crippen LogP contribution in [-0.4, -0.2) is 47.5 Å². The maximum Gasteiger partial charge on any atom is 0.299 e. The van der Waals surface area contributed by atoms with Crippen LogP contribution in [0.5, 0.6) is 0 Å². The molecule has 0 radical (unpaired) electrons. The highest BCUT2D eigenvalue weighted by Gasteiger charge is 2.48. The van der Waals surface area contributed by atoms with Gasteiger partial charge < -0.3 is 9.80 Å². The van der Waals surface area contributed by atoms with Gasteiger partial charge in [-0.25, -0.2) is 0 Å². The second kappa shape index (κ2) is 7.42. The molecule has 0 spiro atoms. The number of hydrogen-bond acceptors (Lipinski definition) is 6. The summed E-state index contributed by atoms with van der Waals surface area (Å²) in [6, 6.07) is 3.99. The van der Waals surface area contributed by atoms with Crippen LogP contribution < -0.4 is 4.90 Å². The van der Waals surface area contributed by atoms with Crippen LogP contribution in [0, 0.1) is 37.5 Å². The first-order valence-corrected chi connectivity index (χ1v) is 9.64. The minimum absolute atomic E-state index is 0.176. The van der Waals surface area contributed by atoms with E-state index in [0.717, 1.165) is 38.8 Å². The van der Waals surface area contributed by atoms with Gasteiger partial charge in [-0.05, 0) is 36.3 Å². The van der Waals surface area contributed by atoms with E-state index in [0.29, 0.717) is 17.5 Å². The van der Waals surface area contributed by atoms with Crippen molar-refractivity contribution in [3.05, 3.63) is 38.4 Å². The topological polar surface area (TPSA) is 92.8 Å². The number of unbranched alkanes of at least 4 members (excludes halogenated alkanes) is 1. The van der Waals surface area contributed by atoms with Gasteiger partial charge in [-0.3, -0.25) is 20.2 Å². The normalized spacial score (nSPS) is 24.6. The van der Waals surface area contributed by atoms with Crippen LogP contribution in [0.2, 0.25) is 0 Å². The van der Waals surface area contributed by atoms with Crippen LogP contribution >= 0.6 is 0 Å². The molecule has 1 aromatic rings. The summed E-state index contributed by atoms with van der Waals surface area (Å²) < 4.78 is 0. The molecule has 0 amide bonds. The van der Waals surface area contributed by atoms with Crippen LogP contribution in [0.15, 0.2) is 18.2 Å². The van der Waals surface area contributed by atoms with Gasteiger partial charge in [0.15, 0.2) is 0 Å². The molecule has 148 valence electrons. The Morgan fingerprint density at radius 3 is 2.22 bits per heavy atom. The van der Waals surface area contributed by atoms with E-state index in [2.05, 4.69) is 30.6 Å². The van der Waals surface area contributed by atoms with E-state index in [1.807, 2.05) is 0 Å². The van der Waals surface area contributed by atoms with E-state index in [1.54, 1.807) is 6.07 Å². The number of rotatable bonds is 6. The lowest BCUT2D eigenvalue weighted by Crippen LogP contribution is -2.61. The molecule has 2 saturated heterocycles. The summed E-state index contributed by atoms with van der Waals surface area (Å²) >= 11 is 0. The maximum absolute atomic E-state index is 11.5. The molecule has 2 bridgehead atoms. The molecule has 3 rings (SSSR count). The fraction of sp³-hybridized carbons (Fsp3) is 0.684. The van der Waals surface area contributed by atoms with E-state index in [1.165, 1.54) is 18.9 Å². The summed E-state index contributed by atoms with van der Waals surface area (Å²) in [5, 5.41) is 22.5. The summed E-state index contributed by atoms with van der Waals surface area (Å²) in [5.41, 5.74) is 0.269. The van der Waals surface area contributed by atoms with Gasteiger partial charge in [-0.15, -0.1) is 0 Å². The third kappa shape index (κ3) is 3.76. The fourth-order valence-electron chi connectivity index (χ4n) is 4.49. The molecule has 2 fully saturated rings. The average Bonchev–Trinajstić information content (AvgIpc) is 2.59. The number of nitrogens with zero attached hydrogens (tertiary/aromatic N) is 4. The second-order valence-corrected chi connectivity index (χ2v) is 8.42. The van der Waals surface area contributed by atoms with Gasteiger partial charge in [-0.2, -0.15) is 0 Å². The van der Waals surface area contributed by atoms with E-state index >= 15 is 0 Å². The van der Waals surface area contributed by atoms with E-state index in [9.17, 15) is 20.2 Å². The molecule has 2 heterocycles. The predicted molar refractivity (Wildman–Crippen MR) is 104 cm³/mol. The number of piperidine rings is 2. The lowest BCUT2D eigenvalue weighted by atomic mass is 9.63. The van der Waals surface area contributed by atoms with Crippen molar-refractivity contribution in [3.63, 3.8) is 0 Å². The number of nitro groups is 2. The fourth-order valence-corrected chi connectivity index (χ4v) is 4.49. The number of non-ortho nitro benzene ring substituents is 1. The molecule has 2 aliphatic heterocycles. The Balaban J connectivity index is 1.86. The van der Waals surface area contributed by atoms with Crippen LogP contribution in [0.1, 0.15) is 33.6 Å². The summed E-state index contributed by atoms with van der Waals surface area (Å²) in [6.07, 6.45) is 2.37. The van der Waals surface area contributed by atoms with Crippen molar-refractivity contribution in [2.24, 2.45) is 17.3 Å². The molecule has 0 aliphatic carbocycles. The average molecular weight is 376 g/mol. The van der Waals surface area contributed by atoms with Crippen LogP contribution in [0.25, 0.3) is 0 Å². The number of fused-ring (bicyclic) bond motifs is 2. The Labute approximate surface area is 159 Å². The Morgan fingerprint density at radius 1 is 1.07 bits per heavy atom. The minimum atomic E-state index is -0.587. The zero-order valence-corrected chi connectivity index (χ0v) is 16.3. The molecule has 2 atom stereocenters. The minimum Gasteiger partial charge on any atom is -0.365 e. The van der Waals surface area contributed by atoms with E-state index in [-0.39, 0.29) is 16.8 Å². The Bertz CT molecular complexity index is 718. The first-order chi connectivity index (χ1) is 12.7. The SMILES string of the molecule is CCCCN1CC2CN(c3ccc([N+](=O)[O-])cc3[N+](=O)[O-])CC(C1)C2(C)C. The Hall–Kier alpha value is -2.22. The molecular weight excluding hydrogens is 348 g/mol. The van der Waals surface area contributed by atoms with Gasteiger partial charge in [0.1, 0.15) is 5.69 Å². The van der Waals surface area contributed by atoms with E-state index in [4.69, 9.17) is 0 Å². The molecule has 0 saturated carbocycles. The molecule has 0 N–H and O–H groups in total. The zero-order chi connectivity index (χ0) is 19.8. The smallest absolute Gasteiger partial charge is 0.299 e. The third-order valence-electron chi connectivity index (χ3n) is 6.48. The van der Waals surface area contributed by atoms with Crippen molar-refractivity contribution in [3.8, 4) is 0 Å². The standard InChI is InChI=1S/C19H28N4O4/c1-4-5-8-20-10-14-12-21(13-15(11-20)19(14,2)3)17-7-6-16(22(24)25)9-18(17)23(26)27/h6-7,9,14-15H,4-5,8,10-13H2,1-3H3. The number of anilines is 1. The van der Waals surface area contributed by atoms with Gasteiger partial charge >= 0.3 is 0 Å². The summed E-state index contributed by atoms with van der Waals surface area (Å²) in [4.78, 5) is 26.0. The van der Waals surface area contributed by atoms with Crippen molar-refractivity contribution in [1.82, 2.24) is 4.90 Å². The first-order valence-electron chi connectivity index (χ1n) is 9.64. The van der Waals surface area contributed by atoms with Gasteiger partial charge in [0.25, 0.3) is 11.4 Å². The largest absolute Gasteiger partial charge is 0.365 e. The zero-order valence-electron chi connectivity index (χ0n) is 16.3. The monoisotopic (exact) mass is 376 g/mol. The highest BCUT2D eigenvalue weighted by molar-refractivity contribution is 5.67. The Morgan fingerprint density at radius 2 is 1.70 bits per heavy atom. The third-order valence-corrected chi connectivity index (χ3v) is 6.48. The van der Waals surface area contributed by atoms with Crippen molar-refractivity contribution >= 4 is 17.1 Å². The molecule has 27 heavy (non-hydrogen) atoms. The highest BCUT2D eigenvalue weighted by Crippen LogP contribution is 2.46. The quantitative estimate of drug-likeness (QED) is 0.555. The van der Waals surface area contributed by atoms with Crippen molar-refractivity contribution in [2.45, 2.75) is 33.6 Å². The molecule has 1 aromatic carbocycles. The second-order valence-electron chi connectivity index (χ2n) is 8.42. The number of likely N-dealkylation sites (tertiary alicyclic amines) is 1. The van der Waals surface area contributed by atoms with Crippen LogP contribution in [0.4, 0.5) is 17.1 Å². The number of benzene rings is 1. The first kappa shape index (κ1) is 19.5. The maximum atomic E-state index is 11.5. The molecule has 2 aliphatic rings. The highest BCUT2D eigenvalue weighted by atomic mass is 16.6. The molecular formula is C19H28N4O4. The number of hydrogen-bond donors (Lipinski definition) is 0. The molecule has 8 nitrogen and oxygen atoms in total. The molecule has 0 aromatic heterocycles. The summed E-state index contributed by atoms with van der Waals surface area (Å²) in [7, 11) is 0. The van der Waals surface area contributed by atoms with Gasteiger partial charge in [0, 0.05) is 32.2 Å². The van der Waals surface area contributed by atoms with E-state index < -0.39 is 9.85 Å². The Kier molecular flexibility index (Phi) is 5.37. The molecule has 8 heteroatoms. The van der Waals surface area contributed by atoms with Gasteiger partial charge in [-0.1, -0.05) is 27.2 Å². The van der Waals surface area contributed by atoms with Crippen LogP contribution in [0.3, 0.4) is 0 Å². The predicted octanol–water partition coefficient (Wildman–Crippen LogP) is 3.70. The summed E-state index contributed by atoms with van der Waals surface area (Å²) in [5.74, 6) is 0.827. The van der Waals surface area contributed by atoms with Crippen molar-refractivity contribution in [2.75, 3.05) is 37.6 Å². The summed E-state index contributed by atoms with van der Waals surface area (Å²) in [6.45, 7) is 11.4. The van der Waals surface area contributed by atoms with Gasteiger partial charge in [0.2, 0.25) is 0 Å².